The van der Waals surface area contributed by atoms with Crippen molar-refractivity contribution >= 4 is 19.8 Å². The molecule has 0 heterocycles. The van der Waals surface area contributed by atoms with Crippen LogP contribution in [0.5, 0.6) is 0 Å². The lowest BCUT2D eigenvalue weighted by Crippen LogP contribution is -2.29. The minimum absolute atomic E-state index is 0.195. The van der Waals surface area contributed by atoms with Crippen molar-refractivity contribution in [1.82, 2.24) is 0 Å². The van der Waals surface area contributed by atoms with Gasteiger partial charge < -0.3 is 19.3 Å². The number of carbonyl (C=O) groups excluding carboxylic acids is 2. The largest absolute Gasteiger partial charge is 0.469 e. The Morgan fingerprint density at radius 2 is 1.00 bits per heavy atom. The number of allylic oxidation sites excluding steroid dienone is 2. The van der Waals surface area contributed by atoms with Crippen molar-refractivity contribution in [2.45, 2.75) is 174 Å². The summed E-state index contributed by atoms with van der Waals surface area (Å²) in [5.74, 6) is -0.903. The number of hydrogen-bond donors (Lipinski definition) is 2. The monoisotopic (exact) mass is 618 g/mol. The number of unbranched alkanes of at least 4 members (excludes halogenated alkanes) is 19. The summed E-state index contributed by atoms with van der Waals surface area (Å²) in [7, 11) is -4.74. The van der Waals surface area contributed by atoms with E-state index in [9.17, 15) is 14.2 Å². The van der Waals surface area contributed by atoms with E-state index in [1.807, 2.05) is 0 Å². The number of phosphoric ester groups is 1. The molecule has 9 heteroatoms. The van der Waals surface area contributed by atoms with E-state index in [1.54, 1.807) is 0 Å². The van der Waals surface area contributed by atoms with Crippen LogP contribution < -0.4 is 0 Å². The van der Waals surface area contributed by atoms with Crippen LogP contribution in [0, 0.1) is 0 Å². The van der Waals surface area contributed by atoms with Crippen molar-refractivity contribution in [3.63, 3.8) is 0 Å². The minimum atomic E-state index is -4.74. The van der Waals surface area contributed by atoms with Crippen molar-refractivity contribution in [3.05, 3.63) is 12.2 Å². The molecule has 0 aliphatic heterocycles. The normalized spacial score (nSPS) is 12.6. The summed E-state index contributed by atoms with van der Waals surface area (Å²) in [4.78, 5) is 42.4. The Labute approximate surface area is 257 Å². The molecule has 0 amide bonds. The van der Waals surface area contributed by atoms with E-state index in [1.165, 1.54) is 89.9 Å². The van der Waals surface area contributed by atoms with Crippen molar-refractivity contribution in [2.24, 2.45) is 0 Å². The number of carbonyl (C=O) groups is 2. The van der Waals surface area contributed by atoms with Gasteiger partial charge >= 0.3 is 19.8 Å². The molecule has 0 unspecified atom stereocenters. The van der Waals surface area contributed by atoms with E-state index in [-0.39, 0.29) is 19.4 Å². The minimum Gasteiger partial charge on any atom is -0.462 e. The van der Waals surface area contributed by atoms with Crippen LogP contribution in [-0.2, 0) is 28.2 Å². The molecule has 0 aliphatic carbocycles. The molecule has 0 radical (unpaired) electrons. The number of rotatable bonds is 31. The fourth-order valence-corrected chi connectivity index (χ4v) is 5.08. The first-order valence-electron chi connectivity index (χ1n) is 17.0. The van der Waals surface area contributed by atoms with E-state index >= 15 is 0 Å². The summed E-state index contributed by atoms with van der Waals surface area (Å²) in [6.07, 6.45) is 29.4. The van der Waals surface area contributed by atoms with E-state index in [4.69, 9.17) is 19.3 Å². The summed E-state index contributed by atoms with van der Waals surface area (Å²) in [5.41, 5.74) is 0. The molecular formula is C33H63O8P. The van der Waals surface area contributed by atoms with Crippen molar-refractivity contribution in [1.29, 1.82) is 0 Å². The summed E-state index contributed by atoms with van der Waals surface area (Å²) >= 11 is 0. The number of hydrogen-bond acceptors (Lipinski definition) is 6. The summed E-state index contributed by atoms with van der Waals surface area (Å²) in [6.45, 7) is 3.63. The molecule has 0 aliphatic rings. The maximum atomic E-state index is 12.3. The smallest absolute Gasteiger partial charge is 0.462 e. The fourth-order valence-electron chi connectivity index (χ4n) is 4.72. The van der Waals surface area contributed by atoms with Crippen molar-refractivity contribution in [2.75, 3.05) is 13.2 Å². The predicted molar refractivity (Wildman–Crippen MR) is 170 cm³/mol. The molecule has 0 rings (SSSR count). The summed E-state index contributed by atoms with van der Waals surface area (Å²) in [5, 5.41) is 0. The number of ether oxygens (including phenoxy) is 2. The van der Waals surface area contributed by atoms with Crippen LogP contribution in [0.4, 0.5) is 0 Å². The lowest BCUT2D eigenvalue weighted by Gasteiger charge is -2.18. The molecule has 0 spiro atoms. The highest BCUT2D eigenvalue weighted by molar-refractivity contribution is 7.46. The average molecular weight is 619 g/mol. The Morgan fingerprint density at radius 3 is 1.48 bits per heavy atom. The third-order valence-electron chi connectivity index (χ3n) is 7.28. The predicted octanol–water partition coefficient (Wildman–Crippen LogP) is 9.51. The maximum absolute atomic E-state index is 12.3. The summed E-state index contributed by atoms with van der Waals surface area (Å²) < 4.78 is 26.1. The van der Waals surface area contributed by atoms with E-state index in [2.05, 4.69) is 30.5 Å². The van der Waals surface area contributed by atoms with Gasteiger partial charge in [-0.05, 0) is 38.5 Å². The third-order valence-corrected chi connectivity index (χ3v) is 7.77. The number of esters is 2. The summed E-state index contributed by atoms with van der Waals surface area (Å²) in [6, 6.07) is 0. The highest BCUT2D eigenvalue weighted by Gasteiger charge is 2.22. The van der Waals surface area contributed by atoms with Crippen molar-refractivity contribution < 1.29 is 37.9 Å². The molecule has 8 nitrogen and oxygen atoms in total. The van der Waals surface area contributed by atoms with Crippen LogP contribution in [0.1, 0.15) is 168 Å². The van der Waals surface area contributed by atoms with Gasteiger partial charge in [-0.1, -0.05) is 129 Å². The Morgan fingerprint density at radius 1 is 0.595 bits per heavy atom. The number of phosphoric acid groups is 1. The SMILES string of the molecule is CCCCCCCCCC/C=C/CCCCCC(=O)O[C@H](COC(=O)CCCCCCCCCCC)COP(=O)(O)O. The second-order valence-corrected chi connectivity index (χ2v) is 12.7. The van der Waals surface area contributed by atoms with E-state index in [0.717, 1.165) is 44.9 Å². The van der Waals surface area contributed by atoms with Gasteiger partial charge in [-0.3, -0.25) is 14.1 Å². The van der Waals surface area contributed by atoms with Gasteiger partial charge in [-0.25, -0.2) is 4.57 Å². The topological polar surface area (TPSA) is 119 Å². The van der Waals surface area contributed by atoms with Crippen LogP contribution in [0.25, 0.3) is 0 Å². The first-order valence-corrected chi connectivity index (χ1v) is 18.5. The maximum Gasteiger partial charge on any atom is 0.469 e. The van der Waals surface area contributed by atoms with Gasteiger partial charge in [0.1, 0.15) is 6.61 Å². The molecular weight excluding hydrogens is 555 g/mol. The lowest BCUT2D eigenvalue weighted by atomic mass is 10.1. The van der Waals surface area contributed by atoms with Crippen LogP contribution >= 0.6 is 7.82 Å². The highest BCUT2D eigenvalue weighted by atomic mass is 31.2. The average Bonchev–Trinajstić information content (AvgIpc) is 2.95. The van der Waals surface area contributed by atoms with Gasteiger partial charge in [0.05, 0.1) is 6.61 Å². The first kappa shape index (κ1) is 40.8. The molecule has 0 saturated carbocycles. The lowest BCUT2D eigenvalue weighted by molar-refractivity contribution is -0.161. The Bertz CT molecular complexity index is 706. The van der Waals surface area contributed by atoms with Crippen molar-refractivity contribution in [3.8, 4) is 0 Å². The zero-order valence-corrected chi connectivity index (χ0v) is 27.8. The second kappa shape index (κ2) is 29.8. The Kier molecular flexibility index (Phi) is 29.0. The zero-order chi connectivity index (χ0) is 31.2. The Balaban J connectivity index is 4.01. The molecule has 248 valence electrons. The molecule has 2 N–H and O–H groups in total. The molecule has 42 heavy (non-hydrogen) atoms. The van der Waals surface area contributed by atoms with E-state index < -0.39 is 32.5 Å². The van der Waals surface area contributed by atoms with Gasteiger partial charge in [0, 0.05) is 12.8 Å². The third kappa shape index (κ3) is 31.7. The van der Waals surface area contributed by atoms with E-state index in [0.29, 0.717) is 6.42 Å². The zero-order valence-electron chi connectivity index (χ0n) is 26.9. The first-order chi connectivity index (χ1) is 20.3. The second-order valence-electron chi connectivity index (χ2n) is 11.5. The molecule has 0 aromatic carbocycles. The Hall–Kier alpha value is -1.21. The molecule has 0 aromatic heterocycles. The quantitative estimate of drug-likeness (QED) is 0.0341. The van der Waals surface area contributed by atoms with Crippen LogP contribution in [0.2, 0.25) is 0 Å². The molecule has 0 aromatic rings. The van der Waals surface area contributed by atoms with Crippen LogP contribution in [-0.4, -0.2) is 41.0 Å². The molecule has 0 bridgehead atoms. The standard InChI is InChI=1S/C33H63O8P/c1-3-5-7-9-11-13-14-15-16-17-18-20-22-24-26-28-33(35)41-31(30-40-42(36,37)38)29-39-32(34)27-25-23-21-19-12-10-8-6-4-2/h17-18,31H,3-16,19-30H2,1-2H3,(H2,36,37,38)/b18-17+/t31-/m1/s1. The fraction of sp³-hybridized carbons (Fsp3) is 0.879. The van der Waals surface area contributed by atoms with Gasteiger partial charge in [0.2, 0.25) is 0 Å². The molecule has 1 atom stereocenters. The molecule has 0 saturated heterocycles. The van der Waals surface area contributed by atoms with Gasteiger partial charge in [0.15, 0.2) is 6.10 Å². The molecule has 0 fully saturated rings. The van der Waals surface area contributed by atoms with Gasteiger partial charge in [-0.15, -0.1) is 0 Å². The highest BCUT2D eigenvalue weighted by Crippen LogP contribution is 2.35. The van der Waals surface area contributed by atoms with Crippen LogP contribution in [0.3, 0.4) is 0 Å². The van der Waals surface area contributed by atoms with Gasteiger partial charge in [0.25, 0.3) is 0 Å². The van der Waals surface area contributed by atoms with Gasteiger partial charge in [-0.2, -0.15) is 0 Å². The van der Waals surface area contributed by atoms with Crippen LogP contribution in [0.15, 0.2) is 12.2 Å².